The molecule has 7 nitrogen and oxygen atoms in total. The standard InChI is InChI=1S/C17H16BrN5O2S2/c1-10-2-4-11(5-3-10)15-20-22-17(26)23(15)9-8-14(24)19-21-16(25)12-6-7-13(18)27-12/h2-7H,8-9H2,1H3,(H,19,24)(H,21,25)(H,22,26). The van der Waals surface area contributed by atoms with Crippen LogP contribution in [0.5, 0.6) is 0 Å². The van der Waals surface area contributed by atoms with Crippen molar-refractivity contribution in [3.05, 3.63) is 55.4 Å². The number of H-pyrrole nitrogens is 1. The minimum absolute atomic E-state index is 0.140. The quantitative estimate of drug-likeness (QED) is 0.396. The van der Waals surface area contributed by atoms with Crippen LogP contribution in [0, 0.1) is 11.7 Å². The summed E-state index contributed by atoms with van der Waals surface area (Å²) in [5.41, 5.74) is 6.87. The number of carbonyl (C=O) groups is 2. The predicted molar refractivity (Wildman–Crippen MR) is 110 cm³/mol. The van der Waals surface area contributed by atoms with Crippen molar-refractivity contribution >= 4 is 51.3 Å². The Morgan fingerprint density at radius 1 is 1.22 bits per heavy atom. The summed E-state index contributed by atoms with van der Waals surface area (Å²) in [5, 5.41) is 7.01. The number of aryl methyl sites for hydroxylation is 1. The Balaban J connectivity index is 1.59. The van der Waals surface area contributed by atoms with Gasteiger partial charge in [0.1, 0.15) is 0 Å². The average Bonchev–Trinajstić information content (AvgIpc) is 3.24. The number of halogens is 1. The number of nitrogens with one attached hydrogen (secondary N) is 3. The molecule has 0 atom stereocenters. The van der Waals surface area contributed by atoms with Gasteiger partial charge in [-0.05, 0) is 47.2 Å². The molecule has 3 rings (SSSR count). The highest BCUT2D eigenvalue weighted by Crippen LogP contribution is 2.21. The zero-order valence-corrected chi connectivity index (χ0v) is 17.5. The van der Waals surface area contributed by atoms with Gasteiger partial charge in [0.05, 0.1) is 8.66 Å². The van der Waals surface area contributed by atoms with Crippen LogP contribution < -0.4 is 10.9 Å². The number of rotatable bonds is 5. The van der Waals surface area contributed by atoms with Gasteiger partial charge < -0.3 is 0 Å². The molecular formula is C17H16BrN5O2S2. The third-order valence-corrected chi connectivity index (χ3v) is 5.68. The SMILES string of the molecule is Cc1ccc(-c2n[nH]c(=S)n2CCC(=O)NNC(=O)c2ccc(Br)s2)cc1. The minimum atomic E-state index is -0.362. The molecule has 1 aromatic carbocycles. The van der Waals surface area contributed by atoms with Crippen molar-refractivity contribution in [2.45, 2.75) is 19.9 Å². The number of benzene rings is 1. The summed E-state index contributed by atoms with van der Waals surface area (Å²) in [6.07, 6.45) is 0.140. The molecule has 2 amide bonds. The molecular weight excluding hydrogens is 450 g/mol. The van der Waals surface area contributed by atoms with Gasteiger partial charge in [-0.25, -0.2) is 0 Å². The number of thiophene rings is 1. The number of aromatic nitrogens is 3. The van der Waals surface area contributed by atoms with Crippen molar-refractivity contribution in [3.63, 3.8) is 0 Å². The molecule has 3 N–H and O–H groups in total. The topological polar surface area (TPSA) is 91.8 Å². The van der Waals surface area contributed by atoms with E-state index >= 15 is 0 Å². The maximum absolute atomic E-state index is 12.1. The lowest BCUT2D eigenvalue weighted by atomic mass is 10.1. The molecule has 0 bridgehead atoms. The molecule has 2 aromatic heterocycles. The molecule has 27 heavy (non-hydrogen) atoms. The molecule has 10 heteroatoms. The first kappa shape index (κ1) is 19.5. The summed E-state index contributed by atoms with van der Waals surface area (Å²) in [6, 6.07) is 11.3. The molecule has 0 radical (unpaired) electrons. The van der Waals surface area contributed by atoms with Gasteiger partial charge in [-0.3, -0.25) is 30.1 Å². The highest BCUT2D eigenvalue weighted by atomic mass is 79.9. The molecule has 0 spiro atoms. The maximum atomic E-state index is 12.1. The van der Waals surface area contributed by atoms with Crippen LogP contribution in [0.1, 0.15) is 21.7 Å². The number of hydrazine groups is 1. The van der Waals surface area contributed by atoms with Gasteiger partial charge in [0.15, 0.2) is 10.6 Å². The minimum Gasteiger partial charge on any atom is -0.300 e. The lowest BCUT2D eigenvalue weighted by molar-refractivity contribution is -0.122. The normalized spacial score (nSPS) is 10.6. The molecule has 0 saturated heterocycles. The van der Waals surface area contributed by atoms with Crippen molar-refractivity contribution in [2.24, 2.45) is 0 Å². The molecule has 0 saturated carbocycles. The summed E-state index contributed by atoms with van der Waals surface area (Å²) < 4.78 is 3.04. The fourth-order valence-corrected chi connectivity index (χ4v) is 3.85. The monoisotopic (exact) mass is 465 g/mol. The van der Waals surface area contributed by atoms with Gasteiger partial charge in [0, 0.05) is 18.5 Å². The van der Waals surface area contributed by atoms with Gasteiger partial charge in [0.2, 0.25) is 5.91 Å². The Morgan fingerprint density at radius 2 is 1.96 bits per heavy atom. The van der Waals surface area contributed by atoms with E-state index < -0.39 is 0 Å². The van der Waals surface area contributed by atoms with E-state index in [1.807, 2.05) is 31.2 Å². The van der Waals surface area contributed by atoms with Gasteiger partial charge >= 0.3 is 0 Å². The summed E-state index contributed by atoms with van der Waals surface area (Å²) in [6.45, 7) is 2.35. The van der Waals surface area contributed by atoms with Crippen LogP contribution >= 0.6 is 39.5 Å². The first-order chi connectivity index (χ1) is 12.9. The van der Waals surface area contributed by atoms with E-state index in [0.29, 0.717) is 22.0 Å². The van der Waals surface area contributed by atoms with Crippen LogP contribution in [0.2, 0.25) is 0 Å². The first-order valence-electron chi connectivity index (χ1n) is 8.01. The number of nitrogens with zero attached hydrogens (tertiary/aromatic N) is 2. The Hall–Kier alpha value is -2.30. The van der Waals surface area contributed by atoms with Crippen LogP contribution in [-0.4, -0.2) is 26.6 Å². The lowest BCUT2D eigenvalue weighted by Crippen LogP contribution is -2.41. The molecule has 140 valence electrons. The summed E-state index contributed by atoms with van der Waals surface area (Å²) in [7, 11) is 0. The average molecular weight is 466 g/mol. The van der Waals surface area contributed by atoms with Crippen molar-refractivity contribution in [2.75, 3.05) is 0 Å². The molecule has 0 aliphatic rings. The number of hydrogen-bond donors (Lipinski definition) is 3. The smallest absolute Gasteiger partial charge is 0.279 e. The number of hydrogen-bond acceptors (Lipinski definition) is 5. The molecule has 0 aliphatic carbocycles. The predicted octanol–water partition coefficient (Wildman–Crippen LogP) is 3.59. The molecule has 0 unspecified atom stereocenters. The highest BCUT2D eigenvalue weighted by Gasteiger charge is 2.12. The Bertz CT molecular complexity index is 1020. The van der Waals surface area contributed by atoms with E-state index in [4.69, 9.17) is 12.2 Å². The van der Waals surface area contributed by atoms with E-state index in [1.54, 1.807) is 16.7 Å². The Morgan fingerprint density at radius 3 is 2.63 bits per heavy atom. The Kier molecular flexibility index (Phi) is 6.19. The van der Waals surface area contributed by atoms with E-state index in [0.717, 1.165) is 14.9 Å². The van der Waals surface area contributed by atoms with Crippen molar-refractivity contribution in [3.8, 4) is 11.4 Å². The second-order valence-corrected chi connectivity index (χ2v) is 8.58. The molecule has 0 aliphatic heterocycles. The zero-order valence-electron chi connectivity index (χ0n) is 14.3. The van der Waals surface area contributed by atoms with Gasteiger partial charge in [-0.15, -0.1) is 11.3 Å². The van der Waals surface area contributed by atoms with Crippen molar-refractivity contribution in [1.29, 1.82) is 0 Å². The third-order valence-electron chi connectivity index (χ3n) is 3.74. The summed E-state index contributed by atoms with van der Waals surface area (Å²) >= 11 is 9.84. The first-order valence-corrected chi connectivity index (χ1v) is 10.0. The summed E-state index contributed by atoms with van der Waals surface area (Å²) in [5.74, 6) is -0.0171. The number of amides is 2. The van der Waals surface area contributed by atoms with Crippen LogP contribution in [-0.2, 0) is 11.3 Å². The van der Waals surface area contributed by atoms with E-state index in [-0.39, 0.29) is 18.2 Å². The van der Waals surface area contributed by atoms with Crippen LogP contribution in [0.4, 0.5) is 0 Å². The van der Waals surface area contributed by atoms with Gasteiger partial charge in [-0.1, -0.05) is 29.8 Å². The largest absolute Gasteiger partial charge is 0.300 e. The van der Waals surface area contributed by atoms with Crippen LogP contribution in [0.3, 0.4) is 0 Å². The van der Waals surface area contributed by atoms with Crippen LogP contribution in [0.25, 0.3) is 11.4 Å². The van der Waals surface area contributed by atoms with Gasteiger partial charge in [0.25, 0.3) is 5.91 Å². The van der Waals surface area contributed by atoms with Crippen molar-refractivity contribution in [1.82, 2.24) is 25.6 Å². The molecule has 3 aromatic rings. The second-order valence-electron chi connectivity index (χ2n) is 5.73. The van der Waals surface area contributed by atoms with Gasteiger partial charge in [-0.2, -0.15) is 5.10 Å². The number of carbonyl (C=O) groups excluding carboxylic acids is 2. The summed E-state index contributed by atoms with van der Waals surface area (Å²) in [4.78, 5) is 24.5. The molecule has 0 fully saturated rings. The maximum Gasteiger partial charge on any atom is 0.279 e. The lowest BCUT2D eigenvalue weighted by Gasteiger charge is -2.09. The van der Waals surface area contributed by atoms with Crippen LogP contribution in [0.15, 0.2) is 40.2 Å². The highest BCUT2D eigenvalue weighted by molar-refractivity contribution is 9.11. The van der Waals surface area contributed by atoms with E-state index in [9.17, 15) is 9.59 Å². The van der Waals surface area contributed by atoms with E-state index in [1.165, 1.54) is 11.3 Å². The van der Waals surface area contributed by atoms with Crippen molar-refractivity contribution < 1.29 is 9.59 Å². The van der Waals surface area contributed by atoms with E-state index in [2.05, 4.69) is 37.0 Å². The second kappa shape index (κ2) is 8.59. The zero-order chi connectivity index (χ0) is 19.4. The third kappa shape index (κ3) is 4.90. The number of aromatic amines is 1. The fourth-order valence-electron chi connectivity index (χ4n) is 2.35. The fraction of sp³-hybridized carbons (Fsp3) is 0.176. The Labute approximate surface area is 172 Å². The molecule has 2 heterocycles.